The number of nitrogens with zero attached hydrogens (tertiary/aromatic N) is 2. The monoisotopic (exact) mass is 445 g/mol. The maximum absolute atomic E-state index is 12.4. The molecule has 4 nitrogen and oxygen atoms in total. The molecule has 0 radical (unpaired) electrons. The summed E-state index contributed by atoms with van der Waals surface area (Å²) >= 11 is 12.0. The summed E-state index contributed by atoms with van der Waals surface area (Å²) in [7, 11) is 0. The zero-order valence-corrected chi connectivity index (χ0v) is 19.9. The fourth-order valence-electron chi connectivity index (χ4n) is 4.62. The van der Waals surface area contributed by atoms with Crippen molar-refractivity contribution in [3.05, 3.63) is 62.6 Å². The lowest BCUT2D eigenvalue weighted by molar-refractivity contribution is 0.0955. The fraction of sp³-hybridized carbons (Fsp3) is 0.417. The summed E-state index contributed by atoms with van der Waals surface area (Å²) in [5.41, 5.74) is 7.72. The van der Waals surface area contributed by atoms with Crippen LogP contribution in [-0.2, 0) is 0 Å². The third kappa shape index (κ3) is 4.50. The maximum Gasteiger partial charge on any atom is 0.272 e. The number of carbonyl (C=O) groups is 1. The van der Waals surface area contributed by atoms with Gasteiger partial charge in [-0.1, -0.05) is 30.1 Å². The molecular weight excluding hydrogens is 417 g/mol. The van der Waals surface area contributed by atoms with Gasteiger partial charge in [-0.3, -0.25) is 4.79 Å². The van der Waals surface area contributed by atoms with Crippen LogP contribution in [0, 0.1) is 6.92 Å². The highest BCUT2D eigenvalue weighted by Crippen LogP contribution is 2.45. The largest absolute Gasteiger partial charge is 0.364 e. The van der Waals surface area contributed by atoms with E-state index in [1.54, 1.807) is 24.4 Å². The number of aryl methyl sites for hydroxylation is 1. The summed E-state index contributed by atoms with van der Waals surface area (Å²) in [5, 5.41) is 4.95. The molecule has 0 saturated carbocycles. The Morgan fingerprint density at radius 2 is 1.97 bits per heavy atom. The van der Waals surface area contributed by atoms with Crippen LogP contribution in [0.4, 0.5) is 5.69 Å². The Labute approximate surface area is 189 Å². The molecule has 3 rings (SSSR count). The smallest absolute Gasteiger partial charge is 0.272 e. The number of hydrogen-bond donors (Lipinski definition) is 1. The number of amides is 1. The van der Waals surface area contributed by atoms with Crippen molar-refractivity contribution in [2.75, 3.05) is 4.90 Å². The van der Waals surface area contributed by atoms with E-state index in [1.807, 2.05) is 0 Å². The molecule has 1 aliphatic rings. The summed E-state index contributed by atoms with van der Waals surface area (Å²) in [4.78, 5) is 14.9. The first-order valence-corrected chi connectivity index (χ1v) is 11.0. The van der Waals surface area contributed by atoms with Crippen molar-refractivity contribution in [1.82, 2.24) is 5.43 Å². The molecule has 1 heterocycles. The lowest BCUT2D eigenvalue weighted by atomic mass is 9.78. The van der Waals surface area contributed by atoms with Gasteiger partial charge in [0.25, 0.3) is 5.91 Å². The van der Waals surface area contributed by atoms with Crippen molar-refractivity contribution in [3.8, 4) is 0 Å². The molecule has 0 bridgehead atoms. The minimum Gasteiger partial charge on any atom is -0.364 e. The molecule has 1 atom stereocenters. The van der Waals surface area contributed by atoms with Crippen LogP contribution in [-0.4, -0.2) is 23.7 Å². The summed E-state index contributed by atoms with van der Waals surface area (Å²) in [6.45, 7) is 13.5. The Balaban J connectivity index is 1.86. The fourth-order valence-corrected chi connectivity index (χ4v) is 5.12. The van der Waals surface area contributed by atoms with E-state index in [-0.39, 0.29) is 11.4 Å². The normalized spacial score (nSPS) is 18.0. The number of anilines is 1. The standard InChI is InChI=1S/C24H29Cl2N3O/c1-14(2)29-22-9-15(3)17(10-20(22)16(4)12-24(29,5)6)13-27-28-23(30)19-8-7-18(25)11-21(19)26/h7-11,13-14,16H,12H2,1-6H3,(H,28,30)/b27-13+. The lowest BCUT2D eigenvalue weighted by Crippen LogP contribution is -2.51. The van der Waals surface area contributed by atoms with Gasteiger partial charge in [-0.25, -0.2) is 5.43 Å². The van der Waals surface area contributed by atoms with E-state index in [9.17, 15) is 4.79 Å². The van der Waals surface area contributed by atoms with Crippen LogP contribution in [0.5, 0.6) is 0 Å². The number of halogens is 2. The molecule has 0 saturated heterocycles. The number of rotatable bonds is 4. The molecule has 0 fully saturated rings. The lowest BCUT2D eigenvalue weighted by Gasteiger charge is -2.50. The van der Waals surface area contributed by atoms with Crippen molar-refractivity contribution >= 4 is 41.0 Å². The van der Waals surface area contributed by atoms with Gasteiger partial charge >= 0.3 is 0 Å². The van der Waals surface area contributed by atoms with Crippen LogP contribution in [0.15, 0.2) is 35.4 Å². The first-order chi connectivity index (χ1) is 14.0. The van der Waals surface area contributed by atoms with Gasteiger partial charge in [0.05, 0.1) is 16.8 Å². The van der Waals surface area contributed by atoms with E-state index < -0.39 is 0 Å². The molecule has 160 valence electrons. The molecule has 2 aromatic carbocycles. The summed E-state index contributed by atoms with van der Waals surface area (Å²) < 4.78 is 0. The second kappa shape index (κ2) is 8.60. The summed E-state index contributed by atoms with van der Waals surface area (Å²) in [5.74, 6) is 0.0739. The highest BCUT2D eigenvalue weighted by Gasteiger charge is 2.37. The number of benzene rings is 2. The zero-order chi connectivity index (χ0) is 22.2. The van der Waals surface area contributed by atoms with Crippen LogP contribution >= 0.6 is 23.2 Å². The minimum atomic E-state index is -0.371. The molecule has 1 aliphatic heterocycles. The second-order valence-electron chi connectivity index (χ2n) is 8.97. The zero-order valence-electron chi connectivity index (χ0n) is 18.4. The van der Waals surface area contributed by atoms with Crippen molar-refractivity contribution in [2.45, 2.75) is 65.5 Å². The highest BCUT2D eigenvalue weighted by atomic mass is 35.5. The minimum absolute atomic E-state index is 0.106. The highest BCUT2D eigenvalue weighted by molar-refractivity contribution is 6.36. The van der Waals surface area contributed by atoms with E-state index in [4.69, 9.17) is 23.2 Å². The summed E-state index contributed by atoms with van der Waals surface area (Å²) in [6, 6.07) is 9.61. The number of hydrogen-bond acceptors (Lipinski definition) is 3. The van der Waals surface area contributed by atoms with E-state index in [1.165, 1.54) is 11.3 Å². The van der Waals surface area contributed by atoms with Crippen LogP contribution in [0.1, 0.15) is 74.0 Å². The summed E-state index contributed by atoms with van der Waals surface area (Å²) in [6.07, 6.45) is 2.78. The third-order valence-electron chi connectivity index (χ3n) is 5.73. The van der Waals surface area contributed by atoms with E-state index >= 15 is 0 Å². The van der Waals surface area contributed by atoms with Gasteiger partial charge in [-0.2, -0.15) is 5.10 Å². The van der Waals surface area contributed by atoms with Crippen molar-refractivity contribution in [3.63, 3.8) is 0 Å². The number of nitrogens with one attached hydrogen (secondary N) is 1. The van der Waals surface area contributed by atoms with Gasteiger partial charge in [0.1, 0.15) is 0 Å². The Morgan fingerprint density at radius 1 is 1.27 bits per heavy atom. The Morgan fingerprint density at radius 3 is 2.60 bits per heavy atom. The molecule has 1 amide bonds. The van der Waals surface area contributed by atoms with Crippen LogP contribution in [0.3, 0.4) is 0 Å². The molecule has 6 heteroatoms. The van der Waals surface area contributed by atoms with Crippen LogP contribution in [0.2, 0.25) is 10.0 Å². The molecule has 0 aromatic heterocycles. The van der Waals surface area contributed by atoms with Crippen molar-refractivity contribution in [1.29, 1.82) is 0 Å². The molecule has 2 aromatic rings. The maximum atomic E-state index is 12.4. The predicted octanol–water partition coefficient (Wildman–Crippen LogP) is 6.57. The second-order valence-corrected chi connectivity index (χ2v) is 9.82. The molecular formula is C24H29Cl2N3O. The van der Waals surface area contributed by atoms with Gasteiger partial charge < -0.3 is 4.90 Å². The quantitative estimate of drug-likeness (QED) is 0.427. The molecule has 0 aliphatic carbocycles. The molecule has 1 N–H and O–H groups in total. The van der Waals surface area contributed by atoms with Gasteiger partial charge in [-0.05, 0) is 94.0 Å². The Kier molecular flexibility index (Phi) is 6.49. The number of hydrazone groups is 1. The van der Waals surface area contributed by atoms with Crippen molar-refractivity contribution in [2.24, 2.45) is 5.10 Å². The Hall–Kier alpha value is -2.04. The van der Waals surface area contributed by atoms with Gasteiger partial charge in [0, 0.05) is 22.3 Å². The SMILES string of the molecule is Cc1cc2c(cc1/C=N/NC(=O)c1ccc(Cl)cc1Cl)C(C)CC(C)(C)N2C(C)C. The topological polar surface area (TPSA) is 44.7 Å². The third-order valence-corrected chi connectivity index (χ3v) is 6.27. The average molecular weight is 446 g/mol. The van der Waals surface area contributed by atoms with Gasteiger partial charge in [0.2, 0.25) is 0 Å². The number of fused-ring (bicyclic) bond motifs is 1. The van der Waals surface area contributed by atoms with Crippen LogP contribution in [0.25, 0.3) is 0 Å². The molecule has 0 spiro atoms. The number of carbonyl (C=O) groups excluding carboxylic acids is 1. The van der Waals surface area contributed by atoms with Crippen LogP contribution < -0.4 is 10.3 Å². The predicted molar refractivity (Wildman–Crippen MR) is 127 cm³/mol. The first-order valence-electron chi connectivity index (χ1n) is 10.2. The van der Waals surface area contributed by atoms with Gasteiger partial charge in [-0.15, -0.1) is 0 Å². The first kappa shape index (κ1) is 22.6. The van der Waals surface area contributed by atoms with E-state index in [0.29, 0.717) is 27.6 Å². The Bertz CT molecular complexity index is 998. The van der Waals surface area contributed by atoms with E-state index in [0.717, 1.165) is 17.5 Å². The van der Waals surface area contributed by atoms with Crippen molar-refractivity contribution < 1.29 is 4.79 Å². The average Bonchev–Trinajstić information content (AvgIpc) is 2.61. The van der Waals surface area contributed by atoms with E-state index in [2.05, 4.69) is 69.1 Å². The molecule has 1 unspecified atom stereocenters. The molecule has 30 heavy (non-hydrogen) atoms. The van der Waals surface area contributed by atoms with Gasteiger partial charge in [0.15, 0.2) is 0 Å².